The molecule has 0 radical (unpaired) electrons. The molecule has 0 heterocycles. The molecule has 0 saturated heterocycles. The van der Waals surface area contributed by atoms with E-state index in [2.05, 4.69) is 41.5 Å². The van der Waals surface area contributed by atoms with E-state index in [9.17, 15) is 4.79 Å². The molecule has 0 aliphatic heterocycles. The van der Waals surface area contributed by atoms with Gasteiger partial charge in [-0.2, -0.15) is 0 Å². The first-order valence-corrected chi connectivity index (χ1v) is 9.74. The number of rotatable bonds is 2. The molecule has 0 aromatic rings. The molecule has 0 spiro atoms. The van der Waals surface area contributed by atoms with Crippen LogP contribution in [0.1, 0.15) is 80.1 Å². The van der Waals surface area contributed by atoms with Crippen molar-refractivity contribution in [2.24, 2.45) is 39.4 Å². The van der Waals surface area contributed by atoms with Crippen LogP contribution in [0.2, 0.25) is 0 Å². The summed E-state index contributed by atoms with van der Waals surface area (Å²) >= 11 is 0. The maximum Gasteiger partial charge on any atom is 0.309 e. The summed E-state index contributed by atoms with van der Waals surface area (Å²) in [5.74, 6) is 1.69. The van der Waals surface area contributed by atoms with Crippen LogP contribution in [-0.4, -0.2) is 12.1 Å². The largest absolute Gasteiger partial charge is 0.462 e. The van der Waals surface area contributed by atoms with Crippen LogP contribution in [0.3, 0.4) is 0 Å². The van der Waals surface area contributed by atoms with Crippen molar-refractivity contribution in [3.8, 4) is 0 Å². The molecular weight excluding hydrogens is 284 g/mol. The smallest absolute Gasteiger partial charge is 0.309 e. The van der Waals surface area contributed by atoms with E-state index in [1.165, 1.54) is 25.7 Å². The molecule has 0 amide bonds. The van der Waals surface area contributed by atoms with Gasteiger partial charge in [-0.3, -0.25) is 4.79 Å². The third kappa shape index (κ3) is 1.69. The number of carbonyl (C=O) groups excluding carboxylic acids is 1. The maximum atomic E-state index is 13.1. The Hall–Kier alpha value is -0.530. The summed E-state index contributed by atoms with van der Waals surface area (Å²) in [7, 11) is 0. The Balaban J connectivity index is 1.53. The fraction of sp³-hybridized carbons (Fsp3) is 0.952. The van der Waals surface area contributed by atoms with Gasteiger partial charge in [-0.25, -0.2) is 0 Å². The monoisotopic (exact) mass is 318 g/mol. The van der Waals surface area contributed by atoms with E-state index in [0.29, 0.717) is 11.3 Å². The maximum absolute atomic E-state index is 13.1. The topological polar surface area (TPSA) is 26.3 Å². The van der Waals surface area contributed by atoms with Crippen LogP contribution in [-0.2, 0) is 9.53 Å². The summed E-state index contributed by atoms with van der Waals surface area (Å²) in [5, 5.41) is 0. The van der Waals surface area contributed by atoms with E-state index in [4.69, 9.17) is 4.74 Å². The predicted molar refractivity (Wildman–Crippen MR) is 91.8 cm³/mol. The van der Waals surface area contributed by atoms with Crippen LogP contribution in [0.25, 0.3) is 0 Å². The zero-order chi connectivity index (χ0) is 16.8. The van der Waals surface area contributed by atoms with Gasteiger partial charge in [0.1, 0.15) is 6.10 Å². The van der Waals surface area contributed by atoms with Gasteiger partial charge in [0.05, 0.1) is 5.92 Å². The molecule has 0 aromatic carbocycles. The zero-order valence-electron chi connectivity index (χ0n) is 15.9. The number of fused-ring (bicyclic) bond motifs is 4. The number of carbonyl (C=O) groups is 1. The molecule has 0 N–H and O–H groups in total. The van der Waals surface area contributed by atoms with Crippen LogP contribution in [0.15, 0.2) is 0 Å². The van der Waals surface area contributed by atoms with Crippen LogP contribution < -0.4 is 0 Å². The van der Waals surface area contributed by atoms with E-state index >= 15 is 0 Å². The Bertz CT molecular complexity index is 548. The molecule has 4 aliphatic carbocycles. The molecular formula is C21H34O2. The highest BCUT2D eigenvalue weighted by Crippen LogP contribution is 2.69. The first-order chi connectivity index (χ1) is 10.5. The highest BCUT2D eigenvalue weighted by Gasteiger charge is 2.66. The second-order valence-electron chi connectivity index (χ2n) is 10.7. The van der Waals surface area contributed by atoms with Crippen molar-refractivity contribution in [2.45, 2.75) is 86.2 Å². The van der Waals surface area contributed by atoms with Crippen molar-refractivity contribution in [1.29, 1.82) is 0 Å². The van der Waals surface area contributed by atoms with Gasteiger partial charge in [-0.15, -0.1) is 0 Å². The van der Waals surface area contributed by atoms with Gasteiger partial charge in [0.2, 0.25) is 0 Å². The van der Waals surface area contributed by atoms with Crippen molar-refractivity contribution >= 4 is 5.97 Å². The molecule has 6 atom stereocenters. The van der Waals surface area contributed by atoms with Crippen molar-refractivity contribution in [2.75, 3.05) is 0 Å². The summed E-state index contributed by atoms with van der Waals surface area (Å²) in [6, 6.07) is 0. The molecule has 2 nitrogen and oxygen atoms in total. The minimum Gasteiger partial charge on any atom is -0.462 e. The standard InChI is InChI=1S/C21H34O2/c1-18(2)13-7-9-20(18,5)15(11-13)17(22)23-16-12-14-8-10-21(16,6)19(14,3)4/h13-16H,7-12H2,1-6H3. The molecule has 4 fully saturated rings. The van der Waals surface area contributed by atoms with Crippen molar-refractivity contribution in [3.63, 3.8) is 0 Å². The molecule has 4 saturated carbocycles. The van der Waals surface area contributed by atoms with Gasteiger partial charge in [-0.1, -0.05) is 41.5 Å². The molecule has 23 heavy (non-hydrogen) atoms. The SMILES string of the molecule is CC1(C)C2CCC1(C)C(OC(=O)C1CC3CCC1(C)C3(C)C)C2. The molecule has 0 aromatic heterocycles. The molecule has 6 unspecified atom stereocenters. The lowest BCUT2D eigenvalue weighted by Gasteiger charge is -2.41. The second-order valence-corrected chi connectivity index (χ2v) is 10.7. The Kier molecular flexibility index (Phi) is 3.02. The highest BCUT2D eigenvalue weighted by atomic mass is 16.5. The minimum absolute atomic E-state index is 0.123. The van der Waals surface area contributed by atoms with Crippen LogP contribution >= 0.6 is 0 Å². The zero-order valence-corrected chi connectivity index (χ0v) is 15.9. The quantitative estimate of drug-likeness (QED) is 0.654. The third-order valence-corrected chi connectivity index (χ3v) is 10.1. The molecule has 2 heteroatoms. The minimum atomic E-state index is 0.123. The second kappa shape index (κ2) is 4.35. The Morgan fingerprint density at radius 3 is 1.74 bits per heavy atom. The fourth-order valence-corrected chi connectivity index (χ4v) is 7.09. The Morgan fingerprint density at radius 2 is 1.35 bits per heavy atom. The average Bonchev–Trinajstić information content (AvgIpc) is 2.97. The molecule has 130 valence electrons. The lowest BCUT2D eigenvalue weighted by molar-refractivity contribution is -0.167. The van der Waals surface area contributed by atoms with Gasteiger partial charge in [-0.05, 0) is 66.6 Å². The number of hydrogen-bond acceptors (Lipinski definition) is 2. The Labute approximate surface area is 141 Å². The summed E-state index contributed by atoms with van der Waals surface area (Å²) in [6.45, 7) is 14.2. The fourth-order valence-electron chi connectivity index (χ4n) is 7.09. The number of ether oxygens (including phenoxy) is 1. The molecule has 4 bridgehead atoms. The van der Waals surface area contributed by atoms with E-state index in [0.717, 1.165) is 18.8 Å². The number of esters is 1. The van der Waals surface area contributed by atoms with E-state index in [-0.39, 0.29) is 34.2 Å². The van der Waals surface area contributed by atoms with Crippen molar-refractivity contribution in [1.82, 2.24) is 0 Å². The van der Waals surface area contributed by atoms with Gasteiger partial charge < -0.3 is 4.74 Å². The average molecular weight is 319 g/mol. The predicted octanol–water partition coefficient (Wildman–Crippen LogP) is 5.21. The normalized spacial score (nSPS) is 52.1. The van der Waals surface area contributed by atoms with Crippen molar-refractivity contribution in [3.05, 3.63) is 0 Å². The Morgan fingerprint density at radius 1 is 0.826 bits per heavy atom. The van der Waals surface area contributed by atoms with E-state index < -0.39 is 0 Å². The van der Waals surface area contributed by atoms with Gasteiger partial charge in [0.25, 0.3) is 0 Å². The first kappa shape index (κ1) is 16.0. The summed E-state index contributed by atoms with van der Waals surface area (Å²) in [5.41, 5.74) is 0.925. The highest BCUT2D eigenvalue weighted by molar-refractivity contribution is 5.75. The lowest BCUT2D eigenvalue weighted by atomic mass is 9.66. The van der Waals surface area contributed by atoms with E-state index in [1.54, 1.807) is 0 Å². The van der Waals surface area contributed by atoms with Gasteiger partial charge in [0.15, 0.2) is 0 Å². The third-order valence-electron chi connectivity index (χ3n) is 10.1. The summed E-state index contributed by atoms with van der Waals surface area (Å²) in [6.07, 6.45) is 7.31. The summed E-state index contributed by atoms with van der Waals surface area (Å²) < 4.78 is 6.24. The molecule has 4 rings (SSSR count). The van der Waals surface area contributed by atoms with Crippen LogP contribution in [0.4, 0.5) is 0 Å². The van der Waals surface area contributed by atoms with Gasteiger partial charge in [0, 0.05) is 5.41 Å². The van der Waals surface area contributed by atoms with E-state index in [1.807, 2.05) is 0 Å². The van der Waals surface area contributed by atoms with Gasteiger partial charge >= 0.3 is 5.97 Å². The number of hydrogen-bond donors (Lipinski definition) is 0. The van der Waals surface area contributed by atoms with Crippen molar-refractivity contribution < 1.29 is 9.53 Å². The van der Waals surface area contributed by atoms with Crippen LogP contribution in [0, 0.1) is 39.4 Å². The lowest BCUT2D eigenvalue weighted by Crippen LogP contribution is -2.42. The van der Waals surface area contributed by atoms with Crippen LogP contribution in [0.5, 0.6) is 0 Å². The summed E-state index contributed by atoms with van der Waals surface area (Å²) in [4.78, 5) is 13.1. The molecule has 4 aliphatic rings. The first-order valence-electron chi connectivity index (χ1n) is 9.74.